The van der Waals surface area contributed by atoms with Crippen LogP contribution < -0.4 is 10.6 Å². The minimum Gasteiger partial charge on any atom is -0.361 e. The van der Waals surface area contributed by atoms with Crippen LogP contribution in [0.2, 0.25) is 0 Å². The van der Waals surface area contributed by atoms with Gasteiger partial charge in [-0.1, -0.05) is 49.3 Å². The first kappa shape index (κ1) is 20.1. The molecule has 0 saturated carbocycles. The third kappa shape index (κ3) is 4.98. The van der Waals surface area contributed by atoms with Crippen LogP contribution in [0.4, 0.5) is 0 Å². The zero-order valence-electron chi connectivity index (χ0n) is 16.7. The monoisotopic (exact) mass is 397 g/mol. The van der Waals surface area contributed by atoms with Gasteiger partial charge in [-0.25, -0.2) is 9.98 Å². The van der Waals surface area contributed by atoms with Crippen LogP contribution >= 0.6 is 11.3 Å². The van der Waals surface area contributed by atoms with E-state index in [-0.39, 0.29) is 0 Å². The molecule has 0 radical (unpaired) electrons. The van der Waals surface area contributed by atoms with E-state index in [1.54, 1.807) is 11.3 Å². The van der Waals surface area contributed by atoms with Gasteiger partial charge >= 0.3 is 0 Å². The van der Waals surface area contributed by atoms with Gasteiger partial charge in [0.05, 0.1) is 24.5 Å². The van der Waals surface area contributed by atoms with Gasteiger partial charge in [-0.05, 0) is 13.3 Å². The van der Waals surface area contributed by atoms with Gasteiger partial charge in [0.1, 0.15) is 10.8 Å². The number of hydrogen-bond donors (Lipinski definition) is 2. The molecule has 2 N–H and O–H groups in total. The number of hydrogen-bond acceptors (Lipinski definition) is 5. The fraction of sp³-hybridized carbons (Fsp3) is 0.381. The number of aryl methyl sites for hydroxylation is 2. The molecule has 2 heterocycles. The molecule has 0 aliphatic carbocycles. The predicted molar refractivity (Wildman–Crippen MR) is 114 cm³/mol. The highest BCUT2D eigenvalue weighted by Crippen LogP contribution is 2.21. The topological polar surface area (TPSA) is 75.3 Å². The van der Waals surface area contributed by atoms with Crippen LogP contribution in [0.3, 0.4) is 0 Å². The maximum atomic E-state index is 5.43. The number of benzene rings is 1. The van der Waals surface area contributed by atoms with Gasteiger partial charge < -0.3 is 15.2 Å². The second-order valence-corrected chi connectivity index (χ2v) is 7.22. The van der Waals surface area contributed by atoms with Crippen molar-refractivity contribution >= 4 is 17.3 Å². The van der Waals surface area contributed by atoms with Gasteiger partial charge in [0.15, 0.2) is 5.96 Å². The first-order valence-electron chi connectivity index (χ1n) is 9.73. The lowest BCUT2D eigenvalue weighted by atomic mass is 10.1. The highest BCUT2D eigenvalue weighted by molar-refractivity contribution is 7.09. The summed E-state index contributed by atoms with van der Waals surface area (Å²) in [6, 6.07) is 10.2. The fourth-order valence-electron chi connectivity index (χ4n) is 2.91. The lowest BCUT2D eigenvalue weighted by Crippen LogP contribution is -2.36. The molecule has 0 bridgehead atoms. The Balaban J connectivity index is 1.66. The molecule has 28 heavy (non-hydrogen) atoms. The third-order valence-corrected chi connectivity index (χ3v) is 5.22. The Morgan fingerprint density at radius 3 is 2.64 bits per heavy atom. The van der Waals surface area contributed by atoms with E-state index >= 15 is 0 Å². The molecule has 1 aromatic carbocycles. The Kier molecular flexibility index (Phi) is 7.19. The van der Waals surface area contributed by atoms with E-state index in [0.717, 1.165) is 58.6 Å². The van der Waals surface area contributed by atoms with Crippen molar-refractivity contribution in [2.24, 2.45) is 4.99 Å². The molecule has 7 heteroatoms. The van der Waals surface area contributed by atoms with Crippen molar-refractivity contribution in [3.8, 4) is 11.3 Å². The number of guanidine groups is 1. The van der Waals surface area contributed by atoms with Crippen molar-refractivity contribution in [2.75, 3.05) is 6.54 Å². The van der Waals surface area contributed by atoms with Gasteiger partial charge in [-0.3, -0.25) is 0 Å². The molecule has 148 valence electrons. The van der Waals surface area contributed by atoms with Crippen molar-refractivity contribution in [1.29, 1.82) is 0 Å². The second kappa shape index (κ2) is 10.0. The quantitative estimate of drug-likeness (QED) is 0.441. The minimum absolute atomic E-state index is 0.554. The average molecular weight is 398 g/mol. The Hall–Kier alpha value is -2.67. The van der Waals surface area contributed by atoms with Crippen molar-refractivity contribution in [1.82, 2.24) is 20.8 Å². The Labute approximate surface area is 170 Å². The molecule has 0 saturated heterocycles. The Morgan fingerprint density at radius 2 is 1.93 bits per heavy atom. The van der Waals surface area contributed by atoms with E-state index in [2.05, 4.69) is 54.1 Å². The average Bonchev–Trinajstić information content (AvgIpc) is 3.37. The Bertz CT molecular complexity index is 879. The zero-order chi connectivity index (χ0) is 19.8. The summed E-state index contributed by atoms with van der Waals surface area (Å²) in [5, 5.41) is 13.9. The second-order valence-electron chi connectivity index (χ2n) is 6.28. The SMILES string of the molecule is CCNC(=NCc1c(CC)noc1CC)NCc1nc(-c2ccccc2)cs1. The van der Waals surface area contributed by atoms with Crippen LogP contribution in [0.5, 0.6) is 0 Å². The maximum absolute atomic E-state index is 5.43. The van der Waals surface area contributed by atoms with E-state index in [9.17, 15) is 0 Å². The first-order chi connectivity index (χ1) is 13.7. The smallest absolute Gasteiger partial charge is 0.191 e. The normalized spacial score (nSPS) is 11.6. The third-order valence-electron chi connectivity index (χ3n) is 4.37. The lowest BCUT2D eigenvalue weighted by molar-refractivity contribution is 0.380. The van der Waals surface area contributed by atoms with Crippen LogP contribution in [0.25, 0.3) is 11.3 Å². The maximum Gasteiger partial charge on any atom is 0.191 e. The van der Waals surface area contributed by atoms with Crippen LogP contribution in [-0.2, 0) is 25.9 Å². The van der Waals surface area contributed by atoms with Gasteiger partial charge in [-0.15, -0.1) is 11.3 Å². The molecular weight excluding hydrogens is 370 g/mol. The summed E-state index contributed by atoms with van der Waals surface area (Å²) in [6.07, 6.45) is 1.67. The van der Waals surface area contributed by atoms with Gasteiger partial charge in [-0.2, -0.15) is 0 Å². The van der Waals surface area contributed by atoms with E-state index in [1.165, 1.54) is 0 Å². The molecule has 0 unspecified atom stereocenters. The summed E-state index contributed by atoms with van der Waals surface area (Å²) < 4.78 is 5.43. The molecular formula is C21H27N5OS. The largest absolute Gasteiger partial charge is 0.361 e. The molecule has 0 spiro atoms. The van der Waals surface area contributed by atoms with Crippen LogP contribution in [0, 0.1) is 0 Å². The molecule has 0 aliphatic heterocycles. The van der Waals surface area contributed by atoms with Crippen LogP contribution in [0.15, 0.2) is 45.2 Å². The summed E-state index contributed by atoms with van der Waals surface area (Å²) >= 11 is 1.65. The standard InChI is InChI=1S/C21H27N5OS/c1-4-17-16(19(5-2)27-26-17)12-23-21(22-6-3)24-13-20-25-18(14-28-20)15-10-8-7-9-11-15/h7-11,14H,4-6,12-13H2,1-3H3,(H2,22,23,24). The van der Waals surface area contributed by atoms with E-state index < -0.39 is 0 Å². The van der Waals surface area contributed by atoms with Crippen molar-refractivity contribution in [3.05, 3.63) is 57.7 Å². The summed E-state index contributed by atoms with van der Waals surface area (Å²) in [6.45, 7) is 8.20. The van der Waals surface area contributed by atoms with Crippen LogP contribution in [0.1, 0.15) is 42.8 Å². The molecule has 0 fully saturated rings. The van der Waals surface area contributed by atoms with E-state index in [4.69, 9.17) is 14.5 Å². The van der Waals surface area contributed by atoms with E-state index in [0.29, 0.717) is 13.1 Å². The highest BCUT2D eigenvalue weighted by atomic mass is 32.1. The van der Waals surface area contributed by atoms with Gasteiger partial charge in [0.2, 0.25) is 0 Å². The van der Waals surface area contributed by atoms with Gasteiger partial charge in [0, 0.05) is 29.5 Å². The first-order valence-corrected chi connectivity index (χ1v) is 10.6. The number of nitrogens with one attached hydrogen (secondary N) is 2. The van der Waals surface area contributed by atoms with Crippen molar-refractivity contribution in [2.45, 2.75) is 46.7 Å². The van der Waals surface area contributed by atoms with Crippen molar-refractivity contribution < 1.29 is 4.52 Å². The van der Waals surface area contributed by atoms with Crippen molar-refractivity contribution in [3.63, 3.8) is 0 Å². The minimum atomic E-state index is 0.554. The van der Waals surface area contributed by atoms with Crippen LogP contribution in [-0.4, -0.2) is 22.6 Å². The summed E-state index contributed by atoms with van der Waals surface area (Å²) in [4.78, 5) is 9.45. The summed E-state index contributed by atoms with van der Waals surface area (Å²) in [5.41, 5.74) is 4.23. The molecule has 6 nitrogen and oxygen atoms in total. The molecule has 0 atom stereocenters. The number of aliphatic imine (C=N–C) groups is 1. The Morgan fingerprint density at radius 1 is 1.11 bits per heavy atom. The molecule has 2 aromatic heterocycles. The number of thiazole rings is 1. The number of aromatic nitrogens is 2. The molecule has 0 aliphatic rings. The molecule has 3 rings (SSSR count). The highest BCUT2D eigenvalue weighted by Gasteiger charge is 2.13. The number of nitrogens with zero attached hydrogens (tertiary/aromatic N) is 3. The summed E-state index contributed by atoms with van der Waals surface area (Å²) in [5.74, 6) is 1.69. The zero-order valence-corrected chi connectivity index (χ0v) is 17.5. The lowest BCUT2D eigenvalue weighted by Gasteiger charge is -2.10. The summed E-state index contributed by atoms with van der Waals surface area (Å²) in [7, 11) is 0. The van der Waals surface area contributed by atoms with E-state index in [1.807, 2.05) is 18.2 Å². The molecule has 0 amide bonds. The molecule has 3 aromatic rings. The predicted octanol–water partition coefficient (Wildman–Crippen LogP) is 4.18. The fourth-order valence-corrected chi connectivity index (χ4v) is 3.65. The van der Waals surface area contributed by atoms with Gasteiger partial charge in [0.25, 0.3) is 0 Å². The number of rotatable bonds is 8.